The van der Waals surface area contributed by atoms with Crippen LogP contribution in [0.1, 0.15) is 0 Å². The van der Waals surface area contributed by atoms with Crippen molar-refractivity contribution in [2.75, 3.05) is 5.32 Å². The minimum Gasteiger partial charge on any atom is -0.322 e. The summed E-state index contributed by atoms with van der Waals surface area (Å²) in [7, 11) is 1.86. The number of nitrogens with zero attached hydrogens (tertiary/aromatic N) is 4. The van der Waals surface area contributed by atoms with E-state index >= 15 is 0 Å². The van der Waals surface area contributed by atoms with Crippen molar-refractivity contribution >= 4 is 11.6 Å². The summed E-state index contributed by atoms with van der Waals surface area (Å²) in [6.07, 6.45) is 3.49. The third kappa shape index (κ3) is 1.81. The molecule has 5 heteroatoms. The van der Waals surface area contributed by atoms with Crippen LogP contribution in [-0.2, 0) is 7.05 Å². The zero-order valence-corrected chi connectivity index (χ0v) is 7.18. The Hall–Kier alpha value is -1.91. The molecule has 0 spiro atoms. The molecule has 0 aliphatic heterocycles. The molecule has 0 bridgehead atoms. The van der Waals surface area contributed by atoms with Gasteiger partial charge in [-0.25, -0.2) is 0 Å². The molecule has 2 aromatic rings. The van der Waals surface area contributed by atoms with Crippen LogP contribution in [0.15, 0.2) is 30.6 Å². The number of aryl methyl sites for hydroxylation is 1. The Bertz CT molecular complexity index is 380. The second kappa shape index (κ2) is 3.22. The molecule has 0 saturated carbocycles. The molecule has 0 saturated heterocycles. The lowest BCUT2D eigenvalue weighted by molar-refractivity contribution is 0.771. The molecule has 0 fully saturated rings. The lowest BCUT2D eigenvalue weighted by Crippen LogP contribution is -1.96. The van der Waals surface area contributed by atoms with Crippen molar-refractivity contribution in [1.82, 2.24) is 20.0 Å². The van der Waals surface area contributed by atoms with E-state index in [1.54, 1.807) is 10.9 Å². The molecule has 0 aromatic carbocycles. The Balaban J connectivity index is 2.15. The van der Waals surface area contributed by atoms with Crippen molar-refractivity contribution in [3.05, 3.63) is 30.6 Å². The van der Waals surface area contributed by atoms with Gasteiger partial charge in [0.2, 0.25) is 0 Å². The van der Waals surface area contributed by atoms with Gasteiger partial charge >= 0.3 is 0 Å². The third-order valence-electron chi connectivity index (χ3n) is 1.54. The highest BCUT2D eigenvalue weighted by atomic mass is 15.3. The first kappa shape index (κ1) is 7.72. The average molecular weight is 175 g/mol. The molecular formula is C8H9N5. The van der Waals surface area contributed by atoms with E-state index in [-0.39, 0.29) is 0 Å². The normalized spacial score (nSPS) is 9.92. The summed E-state index contributed by atoms with van der Waals surface area (Å²) in [6.45, 7) is 0. The lowest BCUT2D eigenvalue weighted by atomic mass is 10.5. The zero-order chi connectivity index (χ0) is 9.10. The van der Waals surface area contributed by atoms with Gasteiger partial charge < -0.3 is 5.32 Å². The fraction of sp³-hybridized carbons (Fsp3) is 0.125. The number of rotatable bonds is 2. The molecule has 2 heterocycles. The van der Waals surface area contributed by atoms with Gasteiger partial charge in [-0.3, -0.25) is 4.68 Å². The van der Waals surface area contributed by atoms with Crippen LogP contribution in [0.25, 0.3) is 0 Å². The predicted octanol–water partition coefficient (Wildman–Crippen LogP) is 0.954. The zero-order valence-electron chi connectivity index (χ0n) is 7.18. The Kier molecular flexibility index (Phi) is 1.91. The SMILES string of the molecule is Cn1ccc(Nc2cccnn2)n1. The van der Waals surface area contributed by atoms with E-state index in [4.69, 9.17) is 0 Å². The van der Waals surface area contributed by atoms with Gasteiger partial charge in [0, 0.05) is 25.5 Å². The summed E-state index contributed by atoms with van der Waals surface area (Å²) in [5.41, 5.74) is 0. The van der Waals surface area contributed by atoms with Crippen molar-refractivity contribution in [3.63, 3.8) is 0 Å². The second-order valence-corrected chi connectivity index (χ2v) is 2.61. The van der Waals surface area contributed by atoms with E-state index in [1.807, 2.05) is 31.4 Å². The largest absolute Gasteiger partial charge is 0.322 e. The molecule has 0 amide bonds. The van der Waals surface area contributed by atoms with E-state index in [1.165, 1.54) is 0 Å². The van der Waals surface area contributed by atoms with Crippen LogP contribution in [0.5, 0.6) is 0 Å². The van der Waals surface area contributed by atoms with E-state index in [2.05, 4.69) is 20.6 Å². The van der Waals surface area contributed by atoms with Crippen molar-refractivity contribution in [3.8, 4) is 0 Å². The minimum absolute atomic E-state index is 0.696. The Labute approximate surface area is 75.4 Å². The molecule has 13 heavy (non-hydrogen) atoms. The maximum atomic E-state index is 4.14. The average Bonchev–Trinajstić information content (AvgIpc) is 2.53. The van der Waals surface area contributed by atoms with E-state index in [9.17, 15) is 0 Å². The summed E-state index contributed by atoms with van der Waals surface area (Å²) < 4.78 is 1.72. The molecule has 5 nitrogen and oxygen atoms in total. The monoisotopic (exact) mass is 175 g/mol. The number of anilines is 2. The van der Waals surface area contributed by atoms with Gasteiger partial charge in [0.05, 0.1) is 0 Å². The molecule has 2 rings (SSSR count). The standard InChI is InChI=1S/C8H9N5/c1-13-6-4-8(12-13)10-7-3-2-5-9-11-7/h2-6H,1H3,(H,10,11,12). The summed E-state index contributed by atoms with van der Waals surface area (Å²) in [6, 6.07) is 5.52. The Morgan fingerprint density at radius 2 is 2.23 bits per heavy atom. The summed E-state index contributed by atoms with van der Waals surface area (Å²) in [4.78, 5) is 0. The fourth-order valence-corrected chi connectivity index (χ4v) is 0.981. The van der Waals surface area contributed by atoms with Gasteiger partial charge in [-0.05, 0) is 12.1 Å². The molecule has 2 aromatic heterocycles. The topological polar surface area (TPSA) is 55.6 Å². The van der Waals surface area contributed by atoms with Crippen LogP contribution in [0.4, 0.5) is 11.6 Å². The number of hydrogen-bond acceptors (Lipinski definition) is 4. The van der Waals surface area contributed by atoms with Crippen LogP contribution < -0.4 is 5.32 Å². The molecule has 1 N–H and O–H groups in total. The van der Waals surface area contributed by atoms with E-state index in [0.717, 1.165) is 5.82 Å². The number of nitrogens with one attached hydrogen (secondary N) is 1. The number of hydrogen-bond donors (Lipinski definition) is 1. The van der Waals surface area contributed by atoms with Crippen LogP contribution in [-0.4, -0.2) is 20.0 Å². The van der Waals surface area contributed by atoms with Gasteiger partial charge in [-0.2, -0.15) is 10.2 Å². The predicted molar refractivity (Wildman–Crippen MR) is 48.5 cm³/mol. The first-order valence-corrected chi connectivity index (χ1v) is 3.89. The quantitative estimate of drug-likeness (QED) is 0.738. The summed E-state index contributed by atoms with van der Waals surface area (Å²) in [5.74, 6) is 1.46. The highest BCUT2D eigenvalue weighted by molar-refractivity contribution is 5.49. The van der Waals surface area contributed by atoms with Gasteiger partial charge in [-0.1, -0.05) is 0 Å². The number of aromatic nitrogens is 4. The fourth-order valence-electron chi connectivity index (χ4n) is 0.981. The van der Waals surface area contributed by atoms with Crippen molar-refractivity contribution in [2.45, 2.75) is 0 Å². The highest BCUT2D eigenvalue weighted by Gasteiger charge is 1.96. The molecule has 0 aliphatic carbocycles. The summed E-state index contributed by atoms with van der Waals surface area (Å²) >= 11 is 0. The van der Waals surface area contributed by atoms with Gasteiger partial charge in [0.25, 0.3) is 0 Å². The molecule has 0 unspecified atom stereocenters. The van der Waals surface area contributed by atoms with Crippen molar-refractivity contribution in [2.24, 2.45) is 7.05 Å². The Morgan fingerprint density at radius 1 is 1.31 bits per heavy atom. The molecule has 0 radical (unpaired) electrons. The van der Waals surface area contributed by atoms with Crippen molar-refractivity contribution < 1.29 is 0 Å². The van der Waals surface area contributed by atoms with Gasteiger partial charge in [-0.15, -0.1) is 5.10 Å². The minimum atomic E-state index is 0.696. The molecular weight excluding hydrogens is 166 g/mol. The highest BCUT2D eigenvalue weighted by Crippen LogP contribution is 2.08. The van der Waals surface area contributed by atoms with Gasteiger partial charge in [0.1, 0.15) is 0 Å². The molecule has 66 valence electrons. The third-order valence-corrected chi connectivity index (χ3v) is 1.54. The van der Waals surface area contributed by atoms with Crippen molar-refractivity contribution in [1.29, 1.82) is 0 Å². The summed E-state index contributed by atoms with van der Waals surface area (Å²) in [5, 5.41) is 14.8. The maximum absolute atomic E-state index is 4.14. The van der Waals surface area contributed by atoms with Gasteiger partial charge in [0.15, 0.2) is 11.6 Å². The maximum Gasteiger partial charge on any atom is 0.154 e. The van der Waals surface area contributed by atoms with Crippen LogP contribution in [0.2, 0.25) is 0 Å². The molecule has 0 aliphatic rings. The van der Waals surface area contributed by atoms with Crippen LogP contribution in [0.3, 0.4) is 0 Å². The first-order valence-electron chi connectivity index (χ1n) is 3.89. The molecule has 0 atom stereocenters. The second-order valence-electron chi connectivity index (χ2n) is 2.61. The van der Waals surface area contributed by atoms with E-state index < -0.39 is 0 Å². The van der Waals surface area contributed by atoms with E-state index in [0.29, 0.717) is 5.82 Å². The Morgan fingerprint density at radius 3 is 2.85 bits per heavy atom. The lowest BCUT2D eigenvalue weighted by Gasteiger charge is -1.98. The first-order chi connectivity index (χ1) is 6.34. The van der Waals surface area contributed by atoms with Crippen LogP contribution >= 0.6 is 0 Å². The smallest absolute Gasteiger partial charge is 0.154 e. The van der Waals surface area contributed by atoms with Crippen LogP contribution in [0, 0.1) is 0 Å².